The highest BCUT2D eigenvalue weighted by atomic mass is 32.1. The first-order valence-electron chi connectivity index (χ1n) is 11.5. The van der Waals surface area contributed by atoms with Crippen molar-refractivity contribution >= 4 is 33.8 Å². The number of hydrogen-bond acceptors (Lipinski definition) is 10. The second-order valence-electron chi connectivity index (χ2n) is 8.03. The minimum Gasteiger partial charge on any atom is -0.497 e. The maximum absolute atomic E-state index is 11.9. The zero-order valence-corrected chi connectivity index (χ0v) is 22.0. The van der Waals surface area contributed by atoms with E-state index in [1.54, 1.807) is 39.5 Å². The Bertz CT molecular complexity index is 1530. The molecular weight excluding hydrogens is 524 g/mol. The van der Waals surface area contributed by atoms with Crippen molar-refractivity contribution in [3.63, 3.8) is 0 Å². The second kappa shape index (κ2) is 12.0. The number of hydrogen-bond donors (Lipinski definition) is 2. The number of hydrazone groups is 1. The molecule has 0 aliphatic rings. The van der Waals surface area contributed by atoms with E-state index in [4.69, 9.17) is 14.2 Å². The zero-order chi connectivity index (χ0) is 27.9. The fraction of sp³-hybridized carbons (Fsp3) is 0.148. The van der Waals surface area contributed by atoms with Gasteiger partial charge in [-0.15, -0.1) is 0 Å². The lowest BCUT2D eigenvalue weighted by molar-refractivity contribution is -0.385. The van der Waals surface area contributed by atoms with Gasteiger partial charge in [-0.1, -0.05) is 29.5 Å². The topological polar surface area (TPSA) is 145 Å². The van der Waals surface area contributed by atoms with Crippen LogP contribution in [0.1, 0.15) is 5.56 Å². The van der Waals surface area contributed by atoms with Crippen molar-refractivity contribution in [1.82, 2.24) is 4.98 Å². The van der Waals surface area contributed by atoms with Gasteiger partial charge in [-0.2, -0.15) is 5.10 Å². The monoisotopic (exact) mass is 548 g/mol. The summed E-state index contributed by atoms with van der Waals surface area (Å²) in [6, 6.07) is 18.8. The Kier molecular flexibility index (Phi) is 8.37. The molecule has 0 fully saturated rings. The average molecular weight is 549 g/mol. The van der Waals surface area contributed by atoms with E-state index in [9.17, 15) is 20.0 Å². The number of carboxylic acid groups (broad SMARTS) is 1. The van der Waals surface area contributed by atoms with Gasteiger partial charge in [0.25, 0.3) is 5.69 Å². The standard InChI is InChI=1S/C27H24N4O7S/c1-36-19-11-8-16(9-12-19)25-24(18-10-13-22(37-2)23(15-18)38-3)28-27(39-25)30-29-20(26(32)33)14-17-6-4-5-7-21(17)31(34)35/h4-13,15H,14H2,1-3H3,(H,28,30)(H,32,33). The van der Waals surface area contributed by atoms with Gasteiger partial charge in [-0.05, 0) is 48.0 Å². The number of nitro benzene ring substituents is 1. The molecule has 0 saturated carbocycles. The molecule has 1 heterocycles. The van der Waals surface area contributed by atoms with Crippen molar-refractivity contribution in [2.24, 2.45) is 5.10 Å². The quantitative estimate of drug-likeness (QED) is 0.141. The molecule has 0 radical (unpaired) electrons. The molecular formula is C27H24N4O7S. The first-order chi connectivity index (χ1) is 18.8. The molecule has 12 heteroatoms. The Morgan fingerprint density at radius 2 is 1.69 bits per heavy atom. The highest BCUT2D eigenvalue weighted by molar-refractivity contribution is 7.19. The van der Waals surface area contributed by atoms with Gasteiger partial charge < -0.3 is 19.3 Å². The molecule has 11 nitrogen and oxygen atoms in total. The van der Waals surface area contributed by atoms with Crippen molar-refractivity contribution in [2.75, 3.05) is 26.8 Å². The highest BCUT2D eigenvalue weighted by Gasteiger charge is 2.20. The van der Waals surface area contributed by atoms with Crippen LogP contribution in [0.3, 0.4) is 0 Å². The number of methoxy groups -OCH3 is 3. The first kappa shape index (κ1) is 27.1. The van der Waals surface area contributed by atoms with Crippen LogP contribution in [0.5, 0.6) is 17.2 Å². The maximum Gasteiger partial charge on any atom is 0.352 e. The normalized spacial score (nSPS) is 11.1. The summed E-state index contributed by atoms with van der Waals surface area (Å²) in [4.78, 5) is 28.2. The van der Waals surface area contributed by atoms with Gasteiger partial charge in [-0.3, -0.25) is 15.5 Å². The van der Waals surface area contributed by atoms with E-state index in [0.29, 0.717) is 28.1 Å². The van der Waals surface area contributed by atoms with Gasteiger partial charge >= 0.3 is 5.97 Å². The number of para-hydroxylation sites is 1. The minimum atomic E-state index is -1.31. The van der Waals surface area contributed by atoms with Gasteiger partial charge in [0.1, 0.15) is 11.5 Å². The molecule has 0 amide bonds. The summed E-state index contributed by atoms with van der Waals surface area (Å²) in [5, 5.41) is 25.5. The van der Waals surface area contributed by atoms with Crippen molar-refractivity contribution in [2.45, 2.75) is 6.42 Å². The number of nitro groups is 1. The molecule has 39 heavy (non-hydrogen) atoms. The summed E-state index contributed by atoms with van der Waals surface area (Å²) >= 11 is 1.27. The van der Waals surface area contributed by atoms with Gasteiger partial charge in [0.15, 0.2) is 11.5 Å². The lowest BCUT2D eigenvalue weighted by Crippen LogP contribution is -2.18. The Labute approximate surface area is 227 Å². The Morgan fingerprint density at radius 3 is 2.33 bits per heavy atom. The fourth-order valence-corrected chi connectivity index (χ4v) is 4.72. The van der Waals surface area contributed by atoms with E-state index in [-0.39, 0.29) is 23.4 Å². The van der Waals surface area contributed by atoms with E-state index in [1.165, 1.54) is 29.5 Å². The van der Waals surface area contributed by atoms with Crippen LogP contribution < -0.4 is 19.6 Å². The largest absolute Gasteiger partial charge is 0.497 e. The number of nitrogens with zero attached hydrogens (tertiary/aromatic N) is 3. The molecule has 3 aromatic carbocycles. The first-order valence-corrected chi connectivity index (χ1v) is 12.3. The third kappa shape index (κ3) is 6.13. The predicted molar refractivity (Wildman–Crippen MR) is 148 cm³/mol. The molecule has 1 aromatic heterocycles. The second-order valence-corrected chi connectivity index (χ2v) is 9.03. The van der Waals surface area contributed by atoms with Crippen LogP contribution in [0.25, 0.3) is 21.7 Å². The highest BCUT2D eigenvalue weighted by Crippen LogP contribution is 2.42. The number of thiazole rings is 1. The van der Waals surface area contributed by atoms with E-state index in [0.717, 1.165) is 16.0 Å². The molecule has 0 saturated heterocycles. The minimum absolute atomic E-state index is 0.182. The van der Waals surface area contributed by atoms with E-state index >= 15 is 0 Å². The smallest absolute Gasteiger partial charge is 0.352 e. The zero-order valence-electron chi connectivity index (χ0n) is 21.2. The van der Waals surface area contributed by atoms with Crippen molar-refractivity contribution in [3.05, 3.63) is 82.4 Å². The Morgan fingerprint density at radius 1 is 1.00 bits per heavy atom. The molecule has 0 aliphatic heterocycles. The molecule has 200 valence electrons. The van der Waals surface area contributed by atoms with Crippen molar-refractivity contribution in [3.8, 4) is 38.9 Å². The number of benzene rings is 3. The molecule has 0 bridgehead atoms. The third-order valence-corrected chi connectivity index (χ3v) is 6.73. The summed E-state index contributed by atoms with van der Waals surface area (Å²) in [5.41, 5.74) is 4.68. The van der Waals surface area contributed by atoms with Crippen LogP contribution >= 0.6 is 11.3 Å². The summed E-state index contributed by atoms with van der Waals surface area (Å²) in [6.07, 6.45) is -0.251. The molecule has 0 atom stereocenters. The van der Waals surface area contributed by atoms with E-state index in [2.05, 4.69) is 15.5 Å². The lowest BCUT2D eigenvalue weighted by Gasteiger charge is -2.10. The molecule has 0 unspecified atom stereocenters. The summed E-state index contributed by atoms with van der Waals surface area (Å²) < 4.78 is 16.1. The molecule has 0 spiro atoms. The number of nitrogens with one attached hydrogen (secondary N) is 1. The van der Waals surface area contributed by atoms with E-state index in [1.807, 2.05) is 30.3 Å². The molecule has 4 aromatic rings. The van der Waals surface area contributed by atoms with Crippen LogP contribution in [0.4, 0.5) is 10.8 Å². The molecule has 4 rings (SSSR count). The number of rotatable bonds is 11. The van der Waals surface area contributed by atoms with Crippen LogP contribution in [0.2, 0.25) is 0 Å². The number of carboxylic acids is 1. The molecule has 2 N–H and O–H groups in total. The van der Waals surface area contributed by atoms with Gasteiger partial charge in [0.05, 0.1) is 36.8 Å². The van der Waals surface area contributed by atoms with Crippen molar-refractivity contribution in [1.29, 1.82) is 0 Å². The van der Waals surface area contributed by atoms with E-state index < -0.39 is 10.9 Å². The van der Waals surface area contributed by atoms with Crippen molar-refractivity contribution < 1.29 is 29.0 Å². The lowest BCUT2D eigenvalue weighted by atomic mass is 10.1. The third-order valence-electron chi connectivity index (χ3n) is 5.72. The number of anilines is 1. The van der Waals surface area contributed by atoms with Crippen LogP contribution in [0, 0.1) is 10.1 Å². The predicted octanol–water partition coefficient (Wildman–Crippen LogP) is 5.51. The maximum atomic E-state index is 11.9. The Balaban J connectivity index is 1.73. The average Bonchev–Trinajstić information content (AvgIpc) is 3.39. The summed E-state index contributed by atoms with van der Waals surface area (Å²) in [5.74, 6) is 0.466. The number of aliphatic carboxylic acids is 1. The number of ether oxygens (including phenoxy) is 3. The fourth-order valence-electron chi connectivity index (χ4n) is 3.78. The van der Waals surface area contributed by atoms with Crippen LogP contribution in [-0.4, -0.2) is 48.0 Å². The van der Waals surface area contributed by atoms with Gasteiger partial charge in [0.2, 0.25) is 5.13 Å². The van der Waals surface area contributed by atoms with Gasteiger partial charge in [-0.25, -0.2) is 9.78 Å². The molecule has 0 aliphatic carbocycles. The van der Waals surface area contributed by atoms with Gasteiger partial charge in [0, 0.05) is 23.6 Å². The van der Waals surface area contributed by atoms with Crippen LogP contribution in [0.15, 0.2) is 71.8 Å². The Hall–Kier alpha value is -4.97. The number of aromatic nitrogens is 1. The van der Waals surface area contributed by atoms with Crippen LogP contribution in [-0.2, 0) is 11.2 Å². The number of carbonyl (C=O) groups is 1. The SMILES string of the molecule is COc1ccc(-c2sc(NN=C(Cc3ccccc3[N+](=O)[O-])C(=O)O)nc2-c2ccc(OC)c(OC)c2)cc1. The summed E-state index contributed by atoms with van der Waals surface area (Å²) in [6.45, 7) is 0. The summed E-state index contributed by atoms with van der Waals surface area (Å²) in [7, 11) is 4.67.